The molecule has 0 spiro atoms. The van der Waals surface area contributed by atoms with Crippen molar-refractivity contribution < 1.29 is 9.47 Å². The maximum absolute atomic E-state index is 5.53. The predicted octanol–water partition coefficient (Wildman–Crippen LogP) is 8.90. The number of rotatable bonds is 15. The van der Waals surface area contributed by atoms with Gasteiger partial charge in [-0.15, -0.1) is 0 Å². The fraction of sp³-hybridized carbons (Fsp3) is 0.692. The SMILES string of the molecule is CCCCc1cc(CSC(=S)OCC)c(CC(CC)CCCC)cc1CSC(=S)OCC. The van der Waals surface area contributed by atoms with Gasteiger partial charge in [-0.2, -0.15) is 0 Å². The van der Waals surface area contributed by atoms with E-state index >= 15 is 0 Å². The summed E-state index contributed by atoms with van der Waals surface area (Å²) in [5.41, 5.74) is 5.74. The van der Waals surface area contributed by atoms with Crippen molar-refractivity contribution in [2.24, 2.45) is 5.92 Å². The Morgan fingerprint density at radius 3 is 1.81 bits per heavy atom. The van der Waals surface area contributed by atoms with Crippen LogP contribution in [0, 0.1) is 5.92 Å². The molecule has 32 heavy (non-hydrogen) atoms. The third-order valence-electron chi connectivity index (χ3n) is 5.59. The van der Waals surface area contributed by atoms with Crippen molar-refractivity contribution in [2.45, 2.75) is 97.5 Å². The molecule has 0 radical (unpaired) electrons. The van der Waals surface area contributed by atoms with Gasteiger partial charge in [0.15, 0.2) is 0 Å². The van der Waals surface area contributed by atoms with Crippen LogP contribution in [-0.4, -0.2) is 22.0 Å². The summed E-state index contributed by atoms with van der Waals surface area (Å²) in [5, 5.41) is 0. The number of hydrogen-bond acceptors (Lipinski definition) is 6. The summed E-state index contributed by atoms with van der Waals surface area (Å²) in [6, 6.07) is 4.90. The van der Waals surface area contributed by atoms with Crippen LogP contribution in [-0.2, 0) is 33.8 Å². The lowest BCUT2D eigenvalue weighted by Crippen LogP contribution is -2.09. The predicted molar refractivity (Wildman–Crippen MR) is 153 cm³/mol. The van der Waals surface area contributed by atoms with Crippen molar-refractivity contribution in [2.75, 3.05) is 13.2 Å². The molecule has 0 bridgehead atoms. The number of thiocarbonyl (C=S) groups is 2. The van der Waals surface area contributed by atoms with Crippen LogP contribution in [0.5, 0.6) is 0 Å². The summed E-state index contributed by atoms with van der Waals surface area (Å²) in [6.07, 6.45) is 9.72. The molecule has 0 aliphatic carbocycles. The van der Waals surface area contributed by atoms with Gasteiger partial charge >= 0.3 is 0 Å². The van der Waals surface area contributed by atoms with Crippen molar-refractivity contribution in [3.8, 4) is 0 Å². The minimum absolute atomic E-state index is 0.630. The molecular weight excluding hydrogens is 473 g/mol. The van der Waals surface area contributed by atoms with E-state index in [0.717, 1.165) is 30.3 Å². The molecule has 6 heteroatoms. The van der Waals surface area contributed by atoms with E-state index in [1.54, 1.807) is 23.5 Å². The minimum atomic E-state index is 0.630. The highest BCUT2D eigenvalue weighted by atomic mass is 32.2. The van der Waals surface area contributed by atoms with Crippen molar-refractivity contribution in [1.29, 1.82) is 0 Å². The van der Waals surface area contributed by atoms with Crippen molar-refractivity contribution in [3.05, 3.63) is 34.4 Å². The Bertz CT molecular complexity index is 691. The van der Waals surface area contributed by atoms with Crippen LogP contribution in [0.25, 0.3) is 0 Å². The molecule has 0 N–H and O–H groups in total. The van der Waals surface area contributed by atoms with E-state index in [2.05, 4.69) is 32.9 Å². The van der Waals surface area contributed by atoms with Gasteiger partial charge in [0.2, 0.25) is 8.77 Å². The van der Waals surface area contributed by atoms with Crippen LogP contribution >= 0.6 is 48.0 Å². The van der Waals surface area contributed by atoms with Crippen LogP contribution < -0.4 is 0 Å². The summed E-state index contributed by atoms with van der Waals surface area (Å²) in [4.78, 5) is 0. The number of hydrogen-bond donors (Lipinski definition) is 0. The first kappa shape index (κ1) is 29.7. The summed E-state index contributed by atoms with van der Waals surface area (Å²) in [5.74, 6) is 2.48. The van der Waals surface area contributed by atoms with Crippen molar-refractivity contribution >= 4 is 56.7 Å². The molecule has 0 saturated carbocycles. The Kier molecular flexibility index (Phi) is 16.8. The number of unbranched alkanes of at least 4 members (excludes halogenated alkanes) is 2. The molecule has 1 aromatic rings. The van der Waals surface area contributed by atoms with Gasteiger partial charge in [-0.05, 0) is 85.7 Å². The van der Waals surface area contributed by atoms with Crippen LogP contribution in [0.1, 0.15) is 95.4 Å². The van der Waals surface area contributed by atoms with Gasteiger partial charge in [-0.25, -0.2) is 0 Å². The normalized spacial score (nSPS) is 11.9. The largest absolute Gasteiger partial charge is 0.479 e. The first-order valence-electron chi connectivity index (χ1n) is 12.2. The van der Waals surface area contributed by atoms with Gasteiger partial charge < -0.3 is 9.47 Å². The Morgan fingerprint density at radius 2 is 1.31 bits per heavy atom. The molecule has 0 amide bonds. The molecule has 1 aromatic carbocycles. The van der Waals surface area contributed by atoms with Gasteiger partial charge in [0.1, 0.15) is 0 Å². The molecule has 0 heterocycles. The maximum Gasteiger partial charge on any atom is 0.220 e. The second-order valence-corrected chi connectivity index (χ2v) is 11.2. The fourth-order valence-electron chi connectivity index (χ4n) is 3.70. The van der Waals surface area contributed by atoms with E-state index in [0.29, 0.717) is 22.0 Å². The number of thioether (sulfide) groups is 2. The molecule has 2 nitrogen and oxygen atoms in total. The van der Waals surface area contributed by atoms with E-state index in [9.17, 15) is 0 Å². The molecular formula is C26H42O2S4. The lowest BCUT2D eigenvalue weighted by molar-refractivity contribution is 0.346. The molecule has 182 valence electrons. The van der Waals surface area contributed by atoms with Gasteiger partial charge in [0.25, 0.3) is 0 Å². The summed E-state index contributed by atoms with van der Waals surface area (Å²) in [7, 11) is 0. The summed E-state index contributed by atoms with van der Waals surface area (Å²) in [6.45, 7) is 12.1. The second kappa shape index (κ2) is 18.1. The highest BCUT2D eigenvalue weighted by Crippen LogP contribution is 2.30. The summed E-state index contributed by atoms with van der Waals surface area (Å²) < 4.78 is 12.3. The van der Waals surface area contributed by atoms with Crippen LogP contribution in [0.2, 0.25) is 0 Å². The minimum Gasteiger partial charge on any atom is -0.479 e. The topological polar surface area (TPSA) is 18.5 Å². The molecule has 1 rings (SSSR count). The van der Waals surface area contributed by atoms with E-state index in [1.807, 2.05) is 13.8 Å². The number of ether oxygens (including phenoxy) is 2. The van der Waals surface area contributed by atoms with Gasteiger partial charge in [0, 0.05) is 11.5 Å². The number of benzene rings is 1. The van der Waals surface area contributed by atoms with Crippen LogP contribution in [0.4, 0.5) is 0 Å². The zero-order valence-electron chi connectivity index (χ0n) is 20.7. The smallest absolute Gasteiger partial charge is 0.220 e. The second-order valence-electron chi connectivity index (χ2n) is 8.06. The van der Waals surface area contributed by atoms with E-state index in [-0.39, 0.29) is 0 Å². The third-order valence-corrected chi connectivity index (χ3v) is 8.15. The average Bonchev–Trinajstić information content (AvgIpc) is 2.78. The van der Waals surface area contributed by atoms with Crippen LogP contribution in [0.3, 0.4) is 0 Å². The fourth-order valence-corrected chi connectivity index (χ4v) is 5.77. The molecule has 1 atom stereocenters. The maximum atomic E-state index is 5.53. The van der Waals surface area contributed by atoms with E-state index in [4.69, 9.17) is 33.9 Å². The highest BCUT2D eigenvalue weighted by molar-refractivity contribution is 8.22. The summed E-state index contributed by atoms with van der Waals surface area (Å²) >= 11 is 14.1. The first-order valence-corrected chi connectivity index (χ1v) is 15.0. The highest BCUT2D eigenvalue weighted by Gasteiger charge is 2.16. The Balaban J connectivity index is 3.22. The monoisotopic (exact) mass is 514 g/mol. The van der Waals surface area contributed by atoms with Gasteiger partial charge in [0.05, 0.1) is 13.2 Å². The molecule has 0 aliphatic heterocycles. The molecule has 0 aromatic heterocycles. The van der Waals surface area contributed by atoms with Crippen LogP contribution in [0.15, 0.2) is 12.1 Å². The molecule has 1 unspecified atom stereocenters. The van der Waals surface area contributed by atoms with E-state index in [1.165, 1.54) is 60.8 Å². The number of aryl methyl sites for hydroxylation is 1. The Morgan fingerprint density at radius 1 is 0.781 bits per heavy atom. The lowest BCUT2D eigenvalue weighted by atomic mass is 9.87. The van der Waals surface area contributed by atoms with Gasteiger partial charge in [-0.1, -0.05) is 88.5 Å². The zero-order chi connectivity index (χ0) is 23.8. The lowest BCUT2D eigenvalue weighted by Gasteiger charge is -2.21. The Labute approximate surface area is 216 Å². The van der Waals surface area contributed by atoms with E-state index < -0.39 is 0 Å². The molecule has 0 fully saturated rings. The van der Waals surface area contributed by atoms with Crippen molar-refractivity contribution in [1.82, 2.24) is 0 Å². The Hall–Kier alpha value is -0.300. The quantitative estimate of drug-likeness (QED) is 0.216. The third kappa shape index (κ3) is 11.7. The first-order chi connectivity index (χ1) is 15.5. The molecule has 0 saturated heterocycles. The zero-order valence-corrected chi connectivity index (χ0v) is 23.9. The average molecular weight is 515 g/mol. The molecule has 0 aliphatic rings. The van der Waals surface area contributed by atoms with Gasteiger partial charge in [-0.3, -0.25) is 0 Å². The van der Waals surface area contributed by atoms with Crippen molar-refractivity contribution in [3.63, 3.8) is 0 Å². The standard InChI is InChI=1S/C26H42O2S4/c1-6-11-13-20(8-3)15-22-17-23(18-31-25(29)27-9-4)21(14-12-7-2)16-24(22)19-32-26(30)28-10-5/h16-17,20H,6-15,18-19H2,1-5H3.